The molecule has 1 heterocycles. The fourth-order valence-electron chi connectivity index (χ4n) is 1.51. The Morgan fingerprint density at radius 2 is 2.16 bits per heavy atom. The van der Waals surface area contributed by atoms with E-state index < -0.39 is 0 Å². The quantitative estimate of drug-likeness (QED) is 0.377. The molecule has 2 rings (SSSR count). The van der Waals surface area contributed by atoms with Crippen LogP contribution in [0.15, 0.2) is 36.0 Å². The van der Waals surface area contributed by atoms with Crippen LogP contribution in [0.1, 0.15) is 5.56 Å². The summed E-state index contributed by atoms with van der Waals surface area (Å²) < 4.78 is 10.9. The number of nitrogens with one attached hydrogen (secondary N) is 2. The highest BCUT2D eigenvalue weighted by molar-refractivity contribution is 7.80. The van der Waals surface area contributed by atoms with E-state index >= 15 is 0 Å². The van der Waals surface area contributed by atoms with Crippen molar-refractivity contribution in [2.75, 3.05) is 19.8 Å². The van der Waals surface area contributed by atoms with Crippen LogP contribution in [0, 0.1) is 0 Å². The number of nitrogens with zero attached hydrogens (tertiary/aromatic N) is 1. The second kappa shape index (κ2) is 6.75. The van der Waals surface area contributed by atoms with Gasteiger partial charge < -0.3 is 14.8 Å². The Bertz CT molecular complexity index is 503. The molecule has 0 aromatic heterocycles. The summed E-state index contributed by atoms with van der Waals surface area (Å²) >= 11 is 5.00. The molecule has 0 radical (unpaired) electrons. The lowest BCUT2D eigenvalue weighted by Gasteiger charge is -2.18. The monoisotopic (exact) mass is 277 g/mol. The average molecular weight is 277 g/mol. The number of ether oxygens (including phenoxy) is 2. The van der Waals surface area contributed by atoms with Crippen molar-refractivity contribution in [3.63, 3.8) is 0 Å². The minimum Gasteiger partial charge on any atom is -0.486 e. The van der Waals surface area contributed by atoms with E-state index in [-0.39, 0.29) is 0 Å². The zero-order valence-electron chi connectivity index (χ0n) is 10.4. The highest BCUT2D eigenvalue weighted by Crippen LogP contribution is 2.30. The Morgan fingerprint density at radius 1 is 1.37 bits per heavy atom. The average Bonchev–Trinajstić information content (AvgIpc) is 2.45. The third-order valence-corrected chi connectivity index (χ3v) is 2.59. The third-order valence-electron chi connectivity index (χ3n) is 2.35. The van der Waals surface area contributed by atoms with Gasteiger partial charge in [0.1, 0.15) is 13.2 Å². The smallest absolute Gasteiger partial charge is 0.187 e. The van der Waals surface area contributed by atoms with Crippen LogP contribution >= 0.6 is 12.2 Å². The van der Waals surface area contributed by atoms with Gasteiger partial charge in [-0.15, -0.1) is 6.58 Å². The number of hydrazone groups is 1. The first-order valence-corrected chi connectivity index (χ1v) is 6.28. The largest absolute Gasteiger partial charge is 0.486 e. The maximum absolute atomic E-state index is 5.49. The maximum Gasteiger partial charge on any atom is 0.187 e. The van der Waals surface area contributed by atoms with Gasteiger partial charge in [-0.2, -0.15) is 5.10 Å². The summed E-state index contributed by atoms with van der Waals surface area (Å²) in [6.45, 7) is 5.35. The number of thiocarbonyl (C=S) groups is 1. The third kappa shape index (κ3) is 3.96. The zero-order valence-corrected chi connectivity index (χ0v) is 11.2. The van der Waals surface area contributed by atoms with Crippen LogP contribution in [0.25, 0.3) is 0 Å². The SMILES string of the molecule is C=CCNC(=S)N/N=C\c1ccc2c(c1)OCCO2. The van der Waals surface area contributed by atoms with E-state index in [9.17, 15) is 0 Å². The van der Waals surface area contributed by atoms with Crippen LogP contribution in [-0.4, -0.2) is 31.1 Å². The molecule has 1 aromatic rings. The Labute approximate surface area is 117 Å². The summed E-state index contributed by atoms with van der Waals surface area (Å²) in [7, 11) is 0. The molecule has 19 heavy (non-hydrogen) atoms. The molecule has 1 aromatic carbocycles. The van der Waals surface area contributed by atoms with Gasteiger partial charge in [0.25, 0.3) is 0 Å². The van der Waals surface area contributed by atoms with Crippen molar-refractivity contribution in [2.24, 2.45) is 5.10 Å². The molecule has 5 nitrogen and oxygen atoms in total. The van der Waals surface area contributed by atoms with E-state index in [2.05, 4.69) is 22.4 Å². The van der Waals surface area contributed by atoms with E-state index in [1.165, 1.54) is 0 Å². The maximum atomic E-state index is 5.49. The van der Waals surface area contributed by atoms with Gasteiger partial charge in [0.2, 0.25) is 0 Å². The summed E-state index contributed by atoms with van der Waals surface area (Å²) in [5, 5.41) is 7.40. The standard InChI is InChI=1S/C13H15N3O2S/c1-2-5-14-13(19)16-15-9-10-3-4-11-12(8-10)18-7-6-17-11/h2-4,8-9H,1,5-7H2,(H2,14,16,19)/b15-9-. The number of hydrogen-bond donors (Lipinski definition) is 2. The molecule has 1 aliphatic heterocycles. The molecule has 0 unspecified atom stereocenters. The van der Waals surface area contributed by atoms with E-state index in [0.29, 0.717) is 24.9 Å². The van der Waals surface area contributed by atoms with Crippen LogP contribution < -0.4 is 20.2 Å². The van der Waals surface area contributed by atoms with Crippen molar-refractivity contribution < 1.29 is 9.47 Å². The van der Waals surface area contributed by atoms with Crippen LogP contribution in [0.2, 0.25) is 0 Å². The highest BCUT2D eigenvalue weighted by Gasteiger charge is 2.10. The molecule has 100 valence electrons. The molecule has 0 atom stereocenters. The molecular weight excluding hydrogens is 262 g/mol. The molecule has 0 saturated heterocycles. The number of benzene rings is 1. The van der Waals surface area contributed by atoms with E-state index in [4.69, 9.17) is 21.7 Å². The summed E-state index contributed by atoms with van der Waals surface area (Å²) in [6, 6.07) is 5.64. The summed E-state index contributed by atoms with van der Waals surface area (Å²) in [4.78, 5) is 0. The van der Waals surface area contributed by atoms with Gasteiger partial charge in [-0.05, 0) is 36.0 Å². The Morgan fingerprint density at radius 3 is 2.95 bits per heavy atom. The van der Waals surface area contributed by atoms with Crippen LogP contribution in [0.4, 0.5) is 0 Å². The van der Waals surface area contributed by atoms with Crippen molar-refractivity contribution >= 4 is 23.5 Å². The first kappa shape index (κ1) is 13.4. The summed E-state index contributed by atoms with van der Waals surface area (Å²) in [5.74, 6) is 1.50. The van der Waals surface area contributed by atoms with Gasteiger partial charge in [0.15, 0.2) is 16.6 Å². The molecule has 0 saturated carbocycles. The Kier molecular flexibility index (Phi) is 4.74. The number of rotatable bonds is 4. The van der Waals surface area contributed by atoms with Gasteiger partial charge in [-0.3, -0.25) is 5.43 Å². The normalized spacial score (nSPS) is 13.1. The van der Waals surface area contributed by atoms with Gasteiger partial charge in [0.05, 0.1) is 6.21 Å². The first-order valence-electron chi connectivity index (χ1n) is 5.87. The van der Waals surface area contributed by atoms with Crippen LogP contribution in [0.5, 0.6) is 11.5 Å². The van der Waals surface area contributed by atoms with E-state index in [1.54, 1.807) is 12.3 Å². The van der Waals surface area contributed by atoms with Crippen LogP contribution in [-0.2, 0) is 0 Å². The van der Waals surface area contributed by atoms with Gasteiger partial charge >= 0.3 is 0 Å². The molecule has 0 amide bonds. The molecule has 6 heteroatoms. The van der Waals surface area contributed by atoms with E-state index in [1.807, 2.05) is 18.2 Å². The highest BCUT2D eigenvalue weighted by atomic mass is 32.1. The zero-order chi connectivity index (χ0) is 13.5. The predicted molar refractivity (Wildman–Crippen MR) is 79.0 cm³/mol. The molecule has 1 aliphatic rings. The van der Waals surface area contributed by atoms with Crippen molar-refractivity contribution in [1.82, 2.24) is 10.7 Å². The topological polar surface area (TPSA) is 54.9 Å². The first-order chi connectivity index (χ1) is 9.29. The molecule has 0 fully saturated rings. The molecule has 0 spiro atoms. The number of fused-ring (bicyclic) bond motifs is 1. The summed E-state index contributed by atoms with van der Waals surface area (Å²) in [5.41, 5.74) is 3.62. The fraction of sp³-hybridized carbons (Fsp3) is 0.231. The predicted octanol–water partition coefficient (Wildman–Crippen LogP) is 1.44. The fourth-order valence-corrected chi connectivity index (χ4v) is 1.65. The van der Waals surface area contributed by atoms with Gasteiger partial charge in [-0.1, -0.05) is 6.08 Å². The van der Waals surface area contributed by atoms with Crippen molar-refractivity contribution in [3.05, 3.63) is 36.4 Å². The molecular formula is C13H15N3O2S. The van der Waals surface area contributed by atoms with Gasteiger partial charge in [0, 0.05) is 6.54 Å². The second-order valence-corrected chi connectivity index (χ2v) is 4.18. The molecule has 0 bridgehead atoms. The lowest BCUT2D eigenvalue weighted by atomic mass is 10.2. The minimum atomic E-state index is 0.452. The lowest BCUT2D eigenvalue weighted by Crippen LogP contribution is -2.31. The molecule has 0 aliphatic carbocycles. The summed E-state index contributed by atoms with van der Waals surface area (Å²) in [6.07, 6.45) is 3.39. The van der Waals surface area contributed by atoms with Crippen LogP contribution in [0.3, 0.4) is 0 Å². The number of hydrogen-bond acceptors (Lipinski definition) is 4. The lowest BCUT2D eigenvalue weighted by molar-refractivity contribution is 0.171. The minimum absolute atomic E-state index is 0.452. The Hall–Kier alpha value is -2.08. The second-order valence-electron chi connectivity index (χ2n) is 3.77. The Balaban J connectivity index is 1.92. The van der Waals surface area contributed by atoms with Crippen molar-refractivity contribution in [1.29, 1.82) is 0 Å². The van der Waals surface area contributed by atoms with Crippen molar-refractivity contribution in [2.45, 2.75) is 0 Å². The van der Waals surface area contributed by atoms with Crippen molar-refractivity contribution in [3.8, 4) is 11.5 Å². The van der Waals surface area contributed by atoms with Gasteiger partial charge in [-0.25, -0.2) is 0 Å². The van der Waals surface area contributed by atoms with E-state index in [0.717, 1.165) is 17.1 Å². The molecule has 2 N–H and O–H groups in total.